The summed E-state index contributed by atoms with van der Waals surface area (Å²) in [7, 11) is 0. The quantitative estimate of drug-likeness (QED) is 0.209. The summed E-state index contributed by atoms with van der Waals surface area (Å²) in [6.07, 6.45) is -1.09. The molecule has 8 nitrogen and oxygen atoms in total. The van der Waals surface area contributed by atoms with Crippen molar-refractivity contribution in [1.29, 1.82) is 5.26 Å². The van der Waals surface area contributed by atoms with Gasteiger partial charge in [0.15, 0.2) is 0 Å². The molecule has 1 aliphatic heterocycles. The van der Waals surface area contributed by atoms with E-state index in [-0.39, 0.29) is 6.10 Å². The van der Waals surface area contributed by atoms with E-state index < -0.39 is 24.2 Å². The summed E-state index contributed by atoms with van der Waals surface area (Å²) in [4.78, 5) is 38.6. The van der Waals surface area contributed by atoms with Gasteiger partial charge in [-0.3, -0.25) is 4.90 Å². The second-order valence-corrected chi connectivity index (χ2v) is 11.1. The number of likely N-dealkylation sites (tertiary alicyclic amines) is 1. The summed E-state index contributed by atoms with van der Waals surface area (Å²) in [6.45, 7) is 6.90. The summed E-state index contributed by atoms with van der Waals surface area (Å²) in [5, 5.41) is 10.4. The summed E-state index contributed by atoms with van der Waals surface area (Å²) >= 11 is 1.52. The van der Waals surface area contributed by atoms with Gasteiger partial charge in [0.25, 0.3) is 0 Å². The van der Waals surface area contributed by atoms with E-state index in [1.165, 1.54) is 11.3 Å². The van der Waals surface area contributed by atoms with Crippen molar-refractivity contribution in [3.63, 3.8) is 0 Å². The lowest BCUT2D eigenvalue weighted by molar-refractivity contribution is -0.287. The van der Waals surface area contributed by atoms with E-state index in [0.29, 0.717) is 43.7 Å². The van der Waals surface area contributed by atoms with Crippen LogP contribution in [-0.4, -0.2) is 53.2 Å². The monoisotopic (exact) mass is 601 g/mol. The van der Waals surface area contributed by atoms with Gasteiger partial charge in [-0.15, -0.1) is 11.3 Å². The minimum Gasteiger partial charge on any atom is -0.490 e. The summed E-state index contributed by atoms with van der Waals surface area (Å²) in [5.41, 5.74) is 4.51. The Morgan fingerprint density at radius 1 is 1.21 bits per heavy atom. The van der Waals surface area contributed by atoms with Gasteiger partial charge in [0.05, 0.1) is 16.5 Å². The summed E-state index contributed by atoms with van der Waals surface area (Å²) < 4.78 is 42.8. The number of carbonyl (C=O) groups excluding carboxylic acids is 2. The smallest absolute Gasteiger partial charge is 0.490 e. The first-order valence-electron chi connectivity index (χ1n) is 13.5. The van der Waals surface area contributed by atoms with Crippen molar-refractivity contribution < 1.29 is 37.3 Å². The minimum atomic E-state index is -5.25. The zero-order valence-corrected chi connectivity index (χ0v) is 24.2. The molecule has 42 heavy (non-hydrogen) atoms. The molecule has 3 aromatic rings. The number of nitrogens with zero attached hydrogens (tertiary/aromatic N) is 3. The lowest BCUT2D eigenvalue weighted by Crippen LogP contribution is -2.39. The number of halogens is 3. The van der Waals surface area contributed by atoms with E-state index in [1.807, 2.05) is 49.2 Å². The van der Waals surface area contributed by atoms with Crippen LogP contribution in [0.5, 0.6) is 5.75 Å². The predicted molar refractivity (Wildman–Crippen MR) is 149 cm³/mol. The first kappa shape index (κ1) is 31.0. The maximum atomic E-state index is 12.4. The summed E-state index contributed by atoms with van der Waals surface area (Å²) in [5.74, 6) is -3.06. The van der Waals surface area contributed by atoms with E-state index in [9.17, 15) is 28.0 Å². The molecule has 222 valence electrons. The average molecular weight is 602 g/mol. The highest BCUT2D eigenvalue weighted by Gasteiger charge is 2.44. The number of hydrogen-bond acceptors (Lipinski definition) is 9. The highest BCUT2D eigenvalue weighted by molar-refractivity contribution is 7.18. The number of aromatic nitrogens is 1. The van der Waals surface area contributed by atoms with Crippen LogP contribution in [0.1, 0.15) is 50.3 Å². The van der Waals surface area contributed by atoms with Crippen LogP contribution in [0.25, 0.3) is 21.0 Å². The second-order valence-electron chi connectivity index (χ2n) is 10.0. The molecule has 1 aromatic heterocycles. The molecule has 0 aliphatic carbocycles. The predicted octanol–water partition coefficient (Wildman–Crippen LogP) is 6.27. The van der Waals surface area contributed by atoms with Crippen LogP contribution in [0.4, 0.5) is 13.2 Å². The molecule has 0 N–H and O–H groups in total. The summed E-state index contributed by atoms with van der Waals surface area (Å²) in [6, 6.07) is 12.9. The fraction of sp³-hybridized carbons (Fsp3) is 0.400. The third kappa shape index (κ3) is 7.27. The van der Waals surface area contributed by atoms with Crippen molar-refractivity contribution in [3.05, 3.63) is 59.3 Å². The van der Waals surface area contributed by atoms with Crippen LogP contribution in [0.3, 0.4) is 0 Å². The van der Waals surface area contributed by atoms with E-state index in [2.05, 4.69) is 27.8 Å². The van der Waals surface area contributed by atoms with Crippen LogP contribution in [0.2, 0.25) is 0 Å². The van der Waals surface area contributed by atoms with Gasteiger partial charge in [-0.25, -0.2) is 24.3 Å². The molecule has 4 rings (SSSR count). The van der Waals surface area contributed by atoms with Gasteiger partial charge >= 0.3 is 18.1 Å². The Morgan fingerprint density at radius 3 is 2.69 bits per heavy atom. The number of ether oxygens (including phenoxy) is 1. The Kier molecular flexibility index (Phi) is 9.85. The molecule has 0 unspecified atom stereocenters. The van der Waals surface area contributed by atoms with Crippen molar-refractivity contribution in [1.82, 2.24) is 9.88 Å². The molecule has 1 atom stereocenters. The molecule has 0 bridgehead atoms. The van der Waals surface area contributed by atoms with Gasteiger partial charge in [0, 0.05) is 18.3 Å². The van der Waals surface area contributed by atoms with Gasteiger partial charge < -0.3 is 4.74 Å². The maximum Gasteiger partial charge on any atom is 0.495 e. The highest BCUT2D eigenvalue weighted by atomic mass is 32.1. The van der Waals surface area contributed by atoms with Crippen molar-refractivity contribution in [2.45, 2.75) is 64.8 Å². The van der Waals surface area contributed by atoms with Crippen molar-refractivity contribution in [2.24, 2.45) is 0 Å². The molecule has 0 radical (unpaired) electrons. The van der Waals surface area contributed by atoms with Crippen LogP contribution in [0.15, 0.2) is 42.6 Å². The second kappa shape index (κ2) is 13.4. The van der Waals surface area contributed by atoms with E-state index in [1.54, 1.807) is 12.1 Å². The van der Waals surface area contributed by atoms with Crippen molar-refractivity contribution >= 4 is 23.3 Å². The Morgan fingerprint density at radius 2 is 2.00 bits per heavy atom. The van der Waals surface area contributed by atoms with Crippen LogP contribution < -0.4 is 4.74 Å². The van der Waals surface area contributed by atoms with Gasteiger partial charge in [0.1, 0.15) is 22.9 Å². The lowest BCUT2D eigenvalue weighted by Gasteiger charge is -2.23. The third-order valence-corrected chi connectivity index (χ3v) is 7.92. The first-order chi connectivity index (χ1) is 20.0. The number of carbonyl (C=O) groups is 2. The van der Waals surface area contributed by atoms with E-state index >= 15 is 0 Å². The van der Waals surface area contributed by atoms with Crippen molar-refractivity contribution in [3.8, 4) is 32.8 Å². The molecular formula is C30H30F3N3O5S. The Hall–Kier alpha value is -3.95. The number of hydrogen-bond donors (Lipinski definition) is 0. The number of alkyl halides is 3. The molecular weight excluding hydrogens is 571 g/mol. The number of benzene rings is 2. The zero-order chi connectivity index (χ0) is 30.4. The Balaban J connectivity index is 1.47. The van der Waals surface area contributed by atoms with E-state index in [0.717, 1.165) is 38.6 Å². The fourth-order valence-electron chi connectivity index (χ4n) is 4.96. The molecule has 0 saturated carbocycles. The van der Waals surface area contributed by atoms with Crippen molar-refractivity contribution in [2.75, 3.05) is 13.1 Å². The molecule has 0 amide bonds. The molecule has 2 heterocycles. The van der Waals surface area contributed by atoms with E-state index in [4.69, 9.17) is 4.74 Å². The van der Waals surface area contributed by atoms with Gasteiger partial charge in [-0.1, -0.05) is 25.1 Å². The standard InChI is InChI=1S/C30H30F3N3O5S/c1-4-22-19(12-14-36-13-6-9-24(36)28(37)40-41-29(38)30(31,32)33)7-5-8-23(22)26-17-35-27(42-26)20-10-11-25(39-18(2)3)21(15-20)16-34/h5,7-8,10-11,15,17-18,24H,4,6,9,12-14H2,1-3H3/t24-/m0/s1. The van der Waals surface area contributed by atoms with Crippen LogP contribution in [0, 0.1) is 11.3 Å². The Labute approximate surface area is 245 Å². The van der Waals surface area contributed by atoms with Crippen LogP contribution in [-0.2, 0) is 32.2 Å². The topological polar surface area (TPSA) is 102 Å². The molecule has 1 fully saturated rings. The zero-order valence-electron chi connectivity index (χ0n) is 23.4. The third-order valence-electron chi connectivity index (χ3n) is 6.84. The molecule has 2 aromatic carbocycles. The SMILES string of the molecule is CCc1c(CCN2CCC[C@H]2C(=O)OOC(=O)C(F)(F)F)cccc1-c1cnc(-c2ccc(OC(C)C)c(C#N)c2)s1. The number of thiazole rings is 1. The average Bonchev–Trinajstić information content (AvgIpc) is 3.64. The maximum absolute atomic E-state index is 12.4. The Bertz CT molecular complexity index is 1480. The van der Waals surface area contributed by atoms with Gasteiger partial charge in [0.2, 0.25) is 0 Å². The van der Waals surface area contributed by atoms with Gasteiger partial charge in [-0.05, 0) is 81.0 Å². The number of rotatable bonds is 9. The molecule has 1 saturated heterocycles. The largest absolute Gasteiger partial charge is 0.495 e. The molecule has 1 aliphatic rings. The fourth-order valence-corrected chi connectivity index (χ4v) is 5.93. The van der Waals surface area contributed by atoms with Gasteiger partial charge in [-0.2, -0.15) is 18.4 Å². The molecule has 0 spiro atoms. The first-order valence-corrected chi connectivity index (χ1v) is 14.3. The van der Waals surface area contributed by atoms with Crippen LogP contribution >= 0.6 is 11.3 Å². The molecule has 12 heteroatoms. The highest BCUT2D eigenvalue weighted by Crippen LogP contribution is 2.37. The minimum absolute atomic E-state index is 0.0534. The lowest BCUT2D eigenvalue weighted by atomic mass is 9.96. The number of nitriles is 1. The normalized spacial score (nSPS) is 15.4.